The molecule has 0 aliphatic rings. The van der Waals surface area contributed by atoms with E-state index in [1.54, 1.807) is 0 Å². The molecule has 0 heterocycles. The average Bonchev–Trinajstić information content (AvgIpc) is 2.18. The van der Waals surface area contributed by atoms with E-state index in [0.29, 0.717) is 6.07 Å². The van der Waals surface area contributed by atoms with Crippen molar-refractivity contribution in [1.29, 1.82) is 0 Å². The third-order valence-corrected chi connectivity index (χ3v) is 1.66. The zero-order chi connectivity index (χ0) is 11.4. The monoisotopic (exact) mass is 218 g/mol. The maximum atomic E-state index is 13.1. The van der Waals surface area contributed by atoms with Gasteiger partial charge in [-0.05, 0) is 6.07 Å². The summed E-state index contributed by atoms with van der Waals surface area (Å²) in [6.45, 7) is -0.225. The van der Waals surface area contributed by atoms with Crippen LogP contribution in [0.4, 0.5) is 8.78 Å². The summed E-state index contributed by atoms with van der Waals surface area (Å²) in [5.41, 5.74) is -0.544. The molecule has 1 aromatic carbocycles. The predicted octanol–water partition coefficient (Wildman–Crippen LogP) is -0.373. The van der Waals surface area contributed by atoms with Gasteiger partial charge in [-0.2, -0.15) is 0 Å². The summed E-state index contributed by atoms with van der Waals surface area (Å²) in [7, 11) is -0.726. The molecule has 0 bridgehead atoms. The Hall–Kier alpha value is -1.18. The van der Waals surface area contributed by atoms with Crippen LogP contribution in [0.15, 0.2) is 12.1 Å². The van der Waals surface area contributed by atoms with Gasteiger partial charge in [-0.1, -0.05) is 0 Å². The van der Waals surface area contributed by atoms with Crippen LogP contribution in [0.5, 0.6) is 5.75 Å². The highest BCUT2D eigenvalue weighted by Gasteiger charge is 2.20. The van der Waals surface area contributed by atoms with Crippen molar-refractivity contribution in [3.05, 3.63) is 23.8 Å². The smallest absolute Gasteiger partial charge is 0.464 e. The van der Waals surface area contributed by atoms with Crippen molar-refractivity contribution >= 4 is 12.6 Å². The number of benzene rings is 1. The van der Waals surface area contributed by atoms with Crippen LogP contribution in [-0.4, -0.2) is 31.1 Å². The Balaban J connectivity index is 2.97. The summed E-state index contributed by atoms with van der Waals surface area (Å²) in [6.07, 6.45) is 0. The average molecular weight is 218 g/mol. The zero-order valence-corrected chi connectivity index (χ0v) is 7.91. The Morgan fingerprint density at radius 2 is 1.93 bits per heavy atom. The SMILES string of the molecule is COCOc1cc(F)c(B(O)O)cc1F. The highest BCUT2D eigenvalue weighted by atomic mass is 19.1. The molecule has 82 valence electrons. The second-order valence-electron chi connectivity index (χ2n) is 2.73. The third kappa shape index (κ3) is 2.88. The van der Waals surface area contributed by atoms with Gasteiger partial charge in [-0.25, -0.2) is 8.78 Å². The van der Waals surface area contributed by atoms with Gasteiger partial charge < -0.3 is 19.5 Å². The van der Waals surface area contributed by atoms with E-state index in [2.05, 4.69) is 4.74 Å². The molecule has 0 fully saturated rings. The van der Waals surface area contributed by atoms with Crippen molar-refractivity contribution in [2.45, 2.75) is 0 Å². The normalized spacial score (nSPS) is 10.2. The summed E-state index contributed by atoms with van der Waals surface area (Å²) in [5.74, 6) is -2.20. The van der Waals surface area contributed by atoms with Crippen molar-refractivity contribution in [2.75, 3.05) is 13.9 Å². The van der Waals surface area contributed by atoms with Crippen LogP contribution in [0.1, 0.15) is 0 Å². The molecule has 0 amide bonds. The molecule has 0 saturated carbocycles. The highest BCUT2D eigenvalue weighted by Crippen LogP contribution is 2.16. The topological polar surface area (TPSA) is 58.9 Å². The molecule has 0 aliphatic heterocycles. The lowest BCUT2D eigenvalue weighted by molar-refractivity contribution is 0.0481. The minimum absolute atomic E-state index is 0.225. The van der Waals surface area contributed by atoms with Gasteiger partial charge in [0.25, 0.3) is 0 Å². The molecule has 0 atom stereocenters. The molecule has 0 aromatic heterocycles. The summed E-state index contributed by atoms with van der Waals surface area (Å²) in [4.78, 5) is 0. The van der Waals surface area contributed by atoms with Gasteiger partial charge in [0.2, 0.25) is 0 Å². The predicted molar refractivity (Wildman–Crippen MR) is 48.7 cm³/mol. The third-order valence-electron chi connectivity index (χ3n) is 1.66. The van der Waals surface area contributed by atoms with Crippen LogP contribution in [0, 0.1) is 11.6 Å². The van der Waals surface area contributed by atoms with E-state index in [1.807, 2.05) is 0 Å². The second-order valence-corrected chi connectivity index (χ2v) is 2.73. The Morgan fingerprint density at radius 3 is 2.47 bits per heavy atom. The highest BCUT2D eigenvalue weighted by molar-refractivity contribution is 6.58. The van der Waals surface area contributed by atoms with Crippen molar-refractivity contribution in [3.8, 4) is 5.75 Å². The van der Waals surface area contributed by atoms with E-state index in [-0.39, 0.29) is 12.5 Å². The molecule has 0 aliphatic carbocycles. The maximum Gasteiger partial charge on any atom is 0.491 e. The largest absolute Gasteiger partial charge is 0.491 e. The Bertz CT molecular complexity index is 346. The van der Waals surface area contributed by atoms with Crippen molar-refractivity contribution in [3.63, 3.8) is 0 Å². The Morgan fingerprint density at radius 1 is 1.27 bits per heavy atom. The molecule has 1 aromatic rings. The molecule has 0 spiro atoms. The lowest BCUT2D eigenvalue weighted by Gasteiger charge is -2.08. The minimum atomic E-state index is -2.06. The number of rotatable bonds is 4. The summed E-state index contributed by atoms with van der Waals surface area (Å²) < 4.78 is 35.5. The molecule has 4 nitrogen and oxygen atoms in total. The molecule has 0 saturated heterocycles. The molecule has 7 heteroatoms. The van der Waals surface area contributed by atoms with Gasteiger partial charge in [-0.3, -0.25) is 0 Å². The van der Waals surface area contributed by atoms with E-state index in [0.717, 1.165) is 6.07 Å². The first-order chi connectivity index (χ1) is 7.06. The number of halogens is 2. The number of methoxy groups -OCH3 is 1. The maximum absolute atomic E-state index is 13.1. The van der Waals surface area contributed by atoms with Gasteiger partial charge in [0.05, 0.1) is 0 Å². The van der Waals surface area contributed by atoms with Crippen LogP contribution in [-0.2, 0) is 4.74 Å². The second kappa shape index (κ2) is 5.06. The molecule has 2 N–H and O–H groups in total. The fraction of sp³-hybridized carbons (Fsp3) is 0.250. The van der Waals surface area contributed by atoms with Gasteiger partial charge in [-0.15, -0.1) is 0 Å². The van der Waals surface area contributed by atoms with Crippen molar-refractivity contribution in [1.82, 2.24) is 0 Å². The molecule has 1 rings (SSSR count). The van der Waals surface area contributed by atoms with Crippen molar-refractivity contribution < 1.29 is 28.3 Å². The van der Waals surface area contributed by atoms with Crippen LogP contribution >= 0.6 is 0 Å². The zero-order valence-electron chi connectivity index (χ0n) is 7.91. The fourth-order valence-corrected chi connectivity index (χ4v) is 0.975. The summed E-state index contributed by atoms with van der Waals surface area (Å²) >= 11 is 0. The van der Waals surface area contributed by atoms with E-state index < -0.39 is 24.2 Å². The first-order valence-corrected chi connectivity index (χ1v) is 4.03. The number of hydrogen-bond acceptors (Lipinski definition) is 4. The molecule has 0 unspecified atom stereocenters. The minimum Gasteiger partial charge on any atom is -0.464 e. The van der Waals surface area contributed by atoms with Crippen LogP contribution in [0.2, 0.25) is 0 Å². The first-order valence-electron chi connectivity index (χ1n) is 4.03. The summed E-state index contributed by atoms with van der Waals surface area (Å²) in [6, 6.07) is 1.38. The first kappa shape index (κ1) is 11.9. The number of hydrogen-bond donors (Lipinski definition) is 2. The van der Waals surface area contributed by atoms with Gasteiger partial charge in [0.15, 0.2) is 18.4 Å². The van der Waals surface area contributed by atoms with E-state index in [1.165, 1.54) is 7.11 Å². The quantitative estimate of drug-likeness (QED) is 0.534. The summed E-state index contributed by atoms with van der Waals surface area (Å²) in [5, 5.41) is 17.4. The van der Waals surface area contributed by atoms with Gasteiger partial charge in [0.1, 0.15) is 5.82 Å². The number of ether oxygens (including phenoxy) is 2. The lowest BCUT2D eigenvalue weighted by atomic mass is 9.80. The molecular formula is C8H9BF2O4. The van der Waals surface area contributed by atoms with Crippen molar-refractivity contribution in [2.24, 2.45) is 0 Å². The van der Waals surface area contributed by atoms with E-state index in [4.69, 9.17) is 14.8 Å². The standard InChI is InChI=1S/C8H9BF2O4/c1-14-4-15-8-3-6(10)5(9(12)13)2-7(8)11/h2-3,12-13H,4H2,1H3. The fourth-order valence-electron chi connectivity index (χ4n) is 0.975. The van der Waals surface area contributed by atoms with E-state index in [9.17, 15) is 8.78 Å². The molecule has 0 radical (unpaired) electrons. The van der Waals surface area contributed by atoms with Gasteiger partial charge in [0, 0.05) is 18.6 Å². The van der Waals surface area contributed by atoms with Crippen LogP contribution in [0.3, 0.4) is 0 Å². The van der Waals surface area contributed by atoms with E-state index >= 15 is 0 Å². The Kier molecular flexibility index (Phi) is 4.01. The lowest BCUT2D eigenvalue weighted by Crippen LogP contribution is -2.33. The van der Waals surface area contributed by atoms with Crippen LogP contribution in [0.25, 0.3) is 0 Å². The Labute approximate surface area is 85.2 Å². The molecule has 15 heavy (non-hydrogen) atoms. The molecular weight excluding hydrogens is 209 g/mol. The van der Waals surface area contributed by atoms with Gasteiger partial charge >= 0.3 is 7.12 Å². The van der Waals surface area contributed by atoms with Crippen LogP contribution < -0.4 is 10.2 Å².